The fourth-order valence-corrected chi connectivity index (χ4v) is 2.63. The van der Waals surface area contributed by atoms with E-state index >= 15 is 0 Å². The van der Waals surface area contributed by atoms with E-state index in [1.807, 2.05) is 0 Å². The van der Waals surface area contributed by atoms with E-state index in [2.05, 4.69) is 15.9 Å². The van der Waals surface area contributed by atoms with Gasteiger partial charge in [-0.1, -0.05) is 39.7 Å². The van der Waals surface area contributed by atoms with Crippen LogP contribution in [-0.2, 0) is 0 Å². The lowest BCUT2D eigenvalue weighted by molar-refractivity contribution is 0.507. The maximum atomic E-state index is 13.2. The van der Waals surface area contributed by atoms with Gasteiger partial charge in [0.25, 0.3) is 0 Å². The van der Waals surface area contributed by atoms with Gasteiger partial charge in [-0.25, -0.2) is 13.2 Å². The minimum Gasteiger partial charge on any atom is -0.207 e. The standard InChI is InChI=1S/C13H7BrClF3/c14-13(7-2-1-3-8(16)4-7)9-5-11(17)12(18)6-10(9)15/h1-6,13H. The molecule has 0 heterocycles. The van der Waals surface area contributed by atoms with Gasteiger partial charge in [-0.2, -0.15) is 0 Å². The van der Waals surface area contributed by atoms with Crippen molar-refractivity contribution in [2.24, 2.45) is 0 Å². The lowest BCUT2D eigenvalue weighted by atomic mass is 10.0. The monoisotopic (exact) mass is 334 g/mol. The zero-order valence-electron chi connectivity index (χ0n) is 8.93. The van der Waals surface area contributed by atoms with E-state index in [-0.39, 0.29) is 5.02 Å². The molecule has 2 rings (SSSR count). The third-order valence-electron chi connectivity index (χ3n) is 2.45. The average molecular weight is 336 g/mol. The van der Waals surface area contributed by atoms with Gasteiger partial charge in [0.2, 0.25) is 0 Å². The maximum absolute atomic E-state index is 13.2. The summed E-state index contributed by atoms with van der Waals surface area (Å²) in [6.45, 7) is 0. The summed E-state index contributed by atoms with van der Waals surface area (Å²) in [5.41, 5.74) is 0.920. The van der Waals surface area contributed by atoms with Crippen LogP contribution in [-0.4, -0.2) is 0 Å². The molecular formula is C13H7BrClF3. The first-order valence-electron chi connectivity index (χ1n) is 5.03. The predicted molar refractivity (Wildman–Crippen MR) is 68.5 cm³/mol. The molecule has 2 aromatic carbocycles. The fraction of sp³-hybridized carbons (Fsp3) is 0.0769. The Morgan fingerprint density at radius 3 is 2.33 bits per heavy atom. The van der Waals surface area contributed by atoms with E-state index in [9.17, 15) is 13.2 Å². The summed E-state index contributed by atoms with van der Waals surface area (Å²) >= 11 is 9.15. The molecule has 0 bridgehead atoms. The van der Waals surface area contributed by atoms with E-state index in [4.69, 9.17) is 11.6 Å². The summed E-state index contributed by atoms with van der Waals surface area (Å²) in [4.78, 5) is -0.504. The molecule has 2 aromatic rings. The van der Waals surface area contributed by atoms with Gasteiger partial charge < -0.3 is 0 Å². The molecule has 0 spiro atoms. The first-order valence-corrected chi connectivity index (χ1v) is 6.32. The van der Waals surface area contributed by atoms with Crippen molar-refractivity contribution in [1.29, 1.82) is 0 Å². The Bertz CT molecular complexity index is 586. The Balaban J connectivity index is 2.46. The summed E-state index contributed by atoms with van der Waals surface area (Å²) in [5, 5.41) is 0.0834. The van der Waals surface area contributed by atoms with Gasteiger partial charge in [-0.15, -0.1) is 0 Å². The number of halogens is 5. The molecule has 18 heavy (non-hydrogen) atoms. The highest BCUT2D eigenvalue weighted by atomic mass is 79.9. The van der Waals surface area contributed by atoms with Crippen LogP contribution in [0, 0.1) is 17.5 Å². The lowest BCUT2D eigenvalue weighted by Crippen LogP contribution is -1.97. The summed E-state index contributed by atoms with van der Waals surface area (Å²) in [5.74, 6) is -2.41. The highest BCUT2D eigenvalue weighted by Crippen LogP contribution is 2.36. The van der Waals surface area contributed by atoms with Crippen molar-refractivity contribution < 1.29 is 13.2 Å². The quantitative estimate of drug-likeness (QED) is 0.520. The van der Waals surface area contributed by atoms with Crippen molar-refractivity contribution >= 4 is 27.5 Å². The second-order valence-corrected chi connectivity index (χ2v) is 5.03. The van der Waals surface area contributed by atoms with Gasteiger partial charge in [-0.3, -0.25) is 0 Å². The van der Waals surface area contributed by atoms with E-state index in [1.54, 1.807) is 6.07 Å². The Morgan fingerprint density at radius 1 is 1.00 bits per heavy atom. The third-order valence-corrected chi connectivity index (χ3v) is 3.80. The van der Waals surface area contributed by atoms with Gasteiger partial charge in [0.05, 0.1) is 4.83 Å². The molecule has 94 valence electrons. The van der Waals surface area contributed by atoms with Crippen LogP contribution in [0.5, 0.6) is 0 Å². The molecule has 0 nitrogen and oxygen atoms in total. The van der Waals surface area contributed by atoms with Crippen molar-refractivity contribution in [1.82, 2.24) is 0 Å². The highest BCUT2D eigenvalue weighted by molar-refractivity contribution is 9.09. The normalized spacial score (nSPS) is 12.5. The molecule has 5 heteroatoms. The summed E-state index contributed by atoms with van der Waals surface area (Å²) in [6, 6.07) is 7.71. The zero-order chi connectivity index (χ0) is 13.3. The van der Waals surface area contributed by atoms with Crippen molar-refractivity contribution in [3.05, 3.63) is 70.0 Å². The van der Waals surface area contributed by atoms with Crippen LogP contribution in [0.2, 0.25) is 5.02 Å². The number of rotatable bonds is 2. The number of hydrogen-bond acceptors (Lipinski definition) is 0. The molecule has 0 aliphatic carbocycles. The first kappa shape index (κ1) is 13.4. The Labute approximate surface area is 116 Å². The topological polar surface area (TPSA) is 0 Å². The summed E-state index contributed by atoms with van der Waals surface area (Å²) < 4.78 is 39.2. The van der Waals surface area contributed by atoms with E-state index < -0.39 is 22.3 Å². The smallest absolute Gasteiger partial charge is 0.160 e. The second-order valence-electron chi connectivity index (χ2n) is 3.71. The molecule has 0 aromatic heterocycles. The van der Waals surface area contributed by atoms with Gasteiger partial charge in [0.15, 0.2) is 11.6 Å². The van der Waals surface area contributed by atoms with Crippen molar-refractivity contribution in [2.75, 3.05) is 0 Å². The largest absolute Gasteiger partial charge is 0.207 e. The number of alkyl halides is 1. The SMILES string of the molecule is Fc1cccc(C(Br)c2cc(F)c(F)cc2Cl)c1. The number of benzene rings is 2. The Morgan fingerprint density at radius 2 is 1.67 bits per heavy atom. The van der Waals surface area contributed by atoms with E-state index in [0.717, 1.165) is 12.1 Å². The molecule has 0 saturated carbocycles. The van der Waals surface area contributed by atoms with Gasteiger partial charge in [0, 0.05) is 5.02 Å². The third kappa shape index (κ3) is 2.70. The molecule has 0 aliphatic rings. The van der Waals surface area contributed by atoms with Crippen LogP contribution in [0.15, 0.2) is 36.4 Å². The van der Waals surface area contributed by atoms with Crippen molar-refractivity contribution in [3.8, 4) is 0 Å². The van der Waals surface area contributed by atoms with Crippen LogP contribution < -0.4 is 0 Å². The average Bonchev–Trinajstić information content (AvgIpc) is 2.33. The summed E-state index contributed by atoms with van der Waals surface area (Å²) in [6.07, 6.45) is 0. The first-order chi connectivity index (χ1) is 8.49. The zero-order valence-corrected chi connectivity index (χ0v) is 11.3. The molecule has 0 radical (unpaired) electrons. The van der Waals surface area contributed by atoms with Crippen LogP contribution in [0.25, 0.3) is 0 Å². The minimum atomic E-state index is -1.01. The van der Waals surface area contributed by atoms with Crippen LogP contribution in [0.4, 0.5) is 13.2 Å². The Hall–Kier alpha value is -1.00. The fourth-order valence-electron chi connectivity index (χ4n) is 1.58. The maximum Gasteiger partial charge on any atom is 0.160 e. The lowest BCUT2D eigenvalue weighted by Gasteiger charge is -2.13. The second kappa shape index (κ2) is 5.33. The van der Waals surface area contributed by atoms with Crippen LogP contribution in [0.3, 0.4) is 0 Å². The molecule has 0 saturated heterocycles. The molecular weight excluding hydrogens is 328 g/mol. The van der Waals surface area contributed by atoms with Gasteiger partial charge in [-0.05, 0) is 35.4 Å². The molecule has 0 amide bonds. The molecule has 1 unspecified atom stereocenters. The molecule has 1 atom stereocenters. The van der Waals surface area contributed by atoms with Crippen molar-refractivity contribution in [2.45, 2.75) is 4.83 Å². The van der Waals surface area contributed by atoms with E-state index in [0.29, 0.717) is 11.1 Å². The van der Waals surface area contributed by atoms with Crippen LogP contribution >= 0.6 is 27.5 Å². The van der Waals surface area contributed by atoms with Crippen LogP contribution in [0.1, 0.15) is 16.0 Å². The Kier molecular flexibility index (Phi) is 3.97. The van der Waals surface area contributed by atoms with Gasteiger partial charge >= 0.3 is 0 Å². The summed E-state index contributed by atoms with van der Waals surface area (Å²) in [7, 11) is 0. The number of hydrogen-bond donors (Lipinski definition) is 0. The molecule has 0 aliphatic heterocycles. The van der Waals surface area contributed by atoms with Crippen molar-refractivity contribution in [3.63, 3.8) is 0 Å². The molecule has 0 N–H and O–H groups in total. The van der Waals surface area contributed by atoms with Gasteiger partial charge in [0.1, 0.15) is 5.82 Å². The predicted octanol–water partition coefficient (Wildman–Crippen LogP) is 5.24. The minimum absolute atomic E-state index is 0.0834. The highest BCUT2D eigenvalue weighted by Gasteiger charge is 2.17. The van der Waals surface area contributed by atoms with E-state index in [1.165, 1.54) is 18.2 Å². The molecule has 0 fully saturated rings.